The third-order valence-corrected chi connectivity index (χ3v) is 4.35. The second-order valence-corrected chi connectivity index (χ2v) is 5.95. The minimum Gasteiger partial charge on any atom is -0.388 e. The van der Waals surface area contributed by atoms with Gasteiger partial charge in [-0.2, -0.15) is 0 Å². The summed E-state index contributed by atoms with van der Waals surface area (Å²) in [5.74, 6) is 0. The molecule has 5 unspecified atom stereocenters. The Kier molecular flexibility index (Phi) is 6.30. The Hall–Kier alpha value is -0.400. The van der Waals surface area contributed by atoms with Gasteiger partial charge < -0.3 is 51.2 Å². The molecule has 10 atom stereocenters. The van der Waals surface area contributed by atoms with E-state index in [0.717, 1.165) is 0 Å². The van der Waals surface area contributed by atoms with Crippen LogP contribution < -0.4 is 11.5 Å². The first-order valence-corrected chi connectivity index (χ1v) is 7.58. The molecule has 23 heavy (non-hydrogen) atoms. The van der Waals surface area contributed by atoms with E-state index in [4.69, 9.17) is 25.7 Å². The molecule has 2 aliphatic rings. The largest absolute Gasteiger partial charge is 0.388 e. The molecular formula is C13H26N2O8. The van der Waals surface area contributed by atoms with E-state index in [2.05, 4.69) is 0 Å². The molecule has 0 saturated carbocycles. The van der Waals surface area contributed by atoms with Crippen LogP contribution in [0, 0.1) is 0 Å². The van der Waals surface area contributed by atoms with Gasteiger partial charge in [0.25, 0.3) is 0 Å². The van der Waals surface area contributed by atoms with Gasteiger partial charge in [0, 0.05) is 13.1 Å². The van der Waals surface area contributed by atoms with Crippen LogP contribution >= 0.6 is 0 Å². The fraction of sp³-hybridized carbons (Fsp3) is 1.00. The number of aliphatic hydroxyl groups excluding tert-OH is 5. The van der Waals surface area contributed by atoms with Gasteiger partial charge in [-0.3, -0.25) is 0 Å². The van der Waals surface area contributed by atoms with Gasteiger partial charge in [-0.1, -0.05) is 0 Å². The lowest BCUT2D eigenvalue weighted by atomic mass is 9.94. The molecule has 10 nitrogen and oxygen atoms in total. The summed E-state index contributed by atoms with van der Waals surface area (Å²) < 4.78 is 16.3. The predicted octanol–water partition coefficient (Wildman–Crippen LogP) is -4.39. The van der Waals surface area contributed by atoms with Gasteiger partial charge in [0.05, 0.1) is 12.2 Å². The van der Waals surface area contributed by atoms with Gasteiger partial charge in [0.1, 0.15) is 42.7 Å². The molecule has 2 fully saturated rings. The first-order chi connectivity index (χ1) is 10.8. The van der Waals surface area contributed by atoms with E-state index in [-0.39, 0.29) is 13.1 Å². The highest BCUT2D eigenvalue weighted by molar-refractivity contribution is 4.95. The van der Waals surface area contributed by atoms with Crippen LogP contribution in [0.2, 0.25) is 0 Å². The Bertz CT molecular complexity index is 385. The van der Waals surface area contributed by atoms with Crippen LogP contribution in [0.5, 0.6) is 0 Å². The monoisotopic (exact) mass is 338 g/mol. The van der Waals surface area contributed by atoms with Crippen molar-refractivity contribution in [2.45, 2.75) is 68.1 Å². The number of aliphatic hydroxyl groups is 5. The molecule has 0 aromatic rings. The summed E-state index contributed by atoms with van der Waals surface area (Å²) in [6.07, 6.45) is -11.7. The second-order valence-electron chi connectivity index (χ2n) is 5.95. The fourth-order valence-corrected chi connectivity index (χ4v) is 2.86. The van der Waals surface area contributed by atoms with Crippen LogP contribution in [-0.2, 0) is 14.2 Å². The van der Waals surface area contributed by atoms with Crippen LogP contribution in [0.15, 0.2) is 0 Å². The summed E-state index contributed by atoms with van der Waals surface area (Å²) >= 11 is 0. The van der Waals surface area contributed by atoms with Gasteiger partial charge >= 0.3 is 0 Å². The minimum absolute atomic E-state index is 0.00704. The molecule has 2 rings (SSSR count). The maximum absolute atomic E-state index is 10.2. The lowest BCUT2D eigenvalue weighted by Gasteiger charge is -2.45. The normalized spacial score (nSPS) is 51.7. The van der Waals surface area contributed by atoms with Crippen molar-refractivity contribution in [1.29, 1.82) is 0 Å². The van der Waals surface area contributed by atoms with E-state index in [1.807, 2.05) is 0 Å². The molecule has 0 bridgehead atoms. The summed E-state index contributed by atoms with van der Waals surface area (Å²) in [4.78, 5) is 0. The molecule has 0 amide bonds. The fourth-order valence-electron chi connectivity index (χ4n) is 2.86. The number of hydrogen-bond acceptors (Lipinski definition) is 10. The average molecular weight is 338 g/mol. The Morgan fingerprint density at radius 2 is 1.39 bits per heavy atom. The van der Waals surface area contributed by atoms with Crippen LogP contribution in [0.25, 0.3) is 0 Å². The molecule has 136 valence electrons. The SMILES string of the molecule is CC1OC(CN)[C@@H](O[C@@H]2OC(CN)[C@H](O)[C@H](O)C2O)[C@H](O)C1O. The van der Waals surface area contributed by atoms with E-state index in [1.54, 1.807) is 6.92 Å². The lowest BCUT2D eigenvalue weighted by Crippen LogP contribution is -2.64. The molecule has 0 aliphatic carbocycles. The van der Waals surface area contributed by atoms with E-state index in [0.29, 0.717) is 0 Å². The third-order valence-electron chi connectivity index (χ3n) is 4.35. The number of hydrogen-bond donors (Lipinski definition) is 7. The molecule has 2 aliphatic heterocycles. The van der Waals surface area contributed by atoms with Crippen LogP contribution in [0.3, 0.4) is 0 Å². The van der Waals surface area contributed by atoms with Gasteiger partial charge in [0.2, 0.25) is 0 Å². The van der Waals surface area contributed by atoms with Crippen molar-refractivity contribution in [3.63, 3.8) is 0 Å². The van der Waals surface area contributed by atoms with Gasteiger partial charge in [0.15, 0.2) is 6.29 Å². The Labute approximate surface area is 133 Å². The van der Waals surface area contributed by atoms with Crippen molar-refractivity contribution >= 4 is 0 Å². The summed E-state index contributed by atoms with van der Waals surface area (Å²) in [6.45, 7) is 1.49. The Morgan fingerprint density at radius 3 is 1.96 bits per heavy atom. The van der Waals surface area contributed by atoms with Crippen molar-refractivity contribution < 1.29 is 39.7 Å². The number of ether oxygens (including phenoxy) is 3. The van der Waals surface area contributed by atoms with E-state index < -0.39 is 61.2 Å². The van der Waals surface area contributed by atoms with Crippen molar-refractivity contribution in [3.8, 4) is 0 Å². The van der Waals surface area contributed by atoms with E-state index in [9.17, 15) is 25.5 Å². The maximum Gasteiger partial charge on any atom is 0.187 e. The molecule has 10 heteroatoms. The molecule has 0 radical (unpaired) electrons. The molecule has 0 spiro atoms. The zero-order valence-corrected chi connectivity index (χ0v) is 12.8. The first kappa shape index (κ1) is 18.9. The smallest absolute Gasteiger partial charge is 0.187 e. The van der Waals surface area contributed by atoms with E-state index in [1.165, 1.54) is 0 Å². The molecule has 0 aromatic heterocycles. The average Bonchev–Trinajstić information content (AvgIpc) is 2.55. The summed E-state index contributed by atoms with van der Waals surface area (Å²) in [6, 6.07) is 0. The molecule has 2 heterocycles. The van der Waals surface area contributed by atoms with Gasteiger partial charge in [-0.15, -0.1) is 0 Å². The first-order valence-electron chi connectivity index (χ1n) is 7.58. The zero-order valence-electron chi connectivity index (χ0n) is 12.8. The quantitative estimate of drug-likeness (QED) is 0.264. The van der Waals surface area contributed by atoms with E-state index >= 15 is 0 Å². The lowest BCUT2D eigenvalue weighted by molar-refractivity contribution is -0.335. The standard InChI is InChI=1S/C13H26N2O8/c1-4-7(16)10(19)12(6(3-15)21-4)23-13-11(20)9(18)8(17)5(2-14)22-13/h4-13,16-20H,2-3,14-15H2,1H3/t4?,5?,6?,7?,8-,9-,10+,11?,12+,13-/m0/s1. The Balaban J connectivity index is 2.11. The van der Waals surface area contributed by atoms with Crippen molar-refractivity contribution in [1.82, 2.24) is 0 Å². The zero-order chi connectivity index (χ0) is 17.3. The summed E-state index contributed by atoms with van der Waals surface area (Å²) in [7, 11) is 0. The molecule has 9 N–H and O–H groups in total. The van der Waals surface area contributed by atoms with Crippen molar-refractivity contribution in [2.75, 3.05) is 13.1 Å². The molecular weight excluding hydrogens is 312 g/mol. The van der Waals surface area contributed by atoms with Crippen molar-refractivity contribution in [2.24, 2.45) is 11.5 Å². The van der Waals surface area contributed by atoms with Crippen LogP contribution in [-0.4, -0.2) is 99.8 Å². The molecule has 2 saturated heterocycles. The van der Waals surface area contributed by atoms with Gasteiger partial charge in [-0.05, 0) is 6.92 Å². The number of nitrogens with two attached hydrogens (primary N) is 2. The summed E-state index contributed by atoms with van der Waals surface area (Å²) in [5, 5.41) is 49.7. The molecule has 0 aromatic carbocycles. The topological polar surface area (TPSA) is 181 Å². The van der Waals surface area contributed by atoms with Crippen molar-refractivity contribution in [3.05, 3.63) is 0 Å². The Morgan fingerprint density at radius 1 is 0.783 bits per heavy atom. The maximum atomic E-state index is 10.2. The minimum atomic E-state index is -1.56. The second kappa shape index (κ2) is 7.66. The van der Waals surface area contributed by atoms with Gasteiger partial charge in [-0.25, -0.2) is 0 Å². The van der Waals surface area contributed by atoms with Crippen LogP contribution in [0.4, 0.5) is 0 Å². The third kappa shape index (κ3) is 3.66. The summed E-state index contributed by atoms with van der Waals surface area (Å²) in [5.41, 5.74) is 11.0. The predicted molar refractivity (Wildman–Crippen MR) is 76.0 cm³/mol. The highest BCUT2D eigenvalue weighted by atomic mass is 16.7. The highest BCUT2D eigenvalue weighted by Crippen LogP contribution is 2.28. The highest BCUT2D eigenvalue weighted by Gasteiger charge is 2.49. The van der Waals surface area contributed by atoms with Crippen LogP contribution in [0.1, 0.15) is 6.92 Å². The number of rotatable bonds is 4.